The molecule has 4 nitrogen and oxygen atoms in total. The average Bonchev–Trinajstić information content (AvgIpc) is 2.59. The van der Waals surface area contributed by atoms with Crippen molar-refractivity contribution in [1.82, 2.24) is 0 Å². The van der Waals surface area contributed by atoms with E-state index in [-0.39, 0.29) is 0 Å². The first kappa shape index (κ1) is 9.45. The highest BCUT2D eigenvalue weighted by molar-refractivity contribution is 6.16. The number of nitrogens with zero attached hydrogens (tertiary/aromatic N) is 2. The van der Waals surface area contributed by atoms with Gasteiger partial charge in [-0.15, -0.1) is 0 Å². The molecule has 0 spiro atoms. The fourth-order valence-corrected chi connectivity index (χ4v) is 1.26. The third kappa shape index (κ3) is 1.74. The highest BCUT2D eigenvalue weighted by Gasteiger charge is 2.12. The maximum Gasteiger partial charge on any atom is 0.162 e. The van der Waals surface area contributed by atoms with E-state index in [4.69, 9.17) is 10.5 Å². The lowest BCUT2D eigenvalue weighted by Gasteiger charge is -2.00. The second kappa shape index (κ2) is 3.57. The molecule has 2 N–H and O–H groups in total. The van der Waals surface area contributed by atoms with Crippen LogP contribution in [0.2, 0.25) is 0 Å². The number of rotatable bonds is 2. The van der Waals surface area contributed by atoms with Crippen molar-refractivity contribution in [2.45, 2.75) is 0 Å². The zero-order valence-electron chi connectivity index (χ0n) is 8.40. The second-order valence-corrected chi connectivity index (χ2v) is 3.11. The van der Waals surface area contributed by atoms with E-state index >= 15 is 0 Å². The van der Waals surface area contributed by atoms with Crippen molar-refractivity contribution in [2.24, 2.45) is 15.7 Å². The molecule has 76 valence electrons. The SMILES string of the molecule is C=C1N=C(c2ccc(OC)cc2)N=C1N. The van der Waals surface area contributed by atoms with Crippen LogP contribution in [0.1, 0.15) is 5.56 Å². The molecule has 1 aromatic carbocycles. The smallest absolute Gasteiger partial charge is 0.162 e. The van der Waals surface area contributed by atoms with Gasteiger partial charge in [0.05, 0.1) is 7.11 Å². The number of aliphatic imine (C=N–C) groups is 2. The van der Waals surface area contributed by atoms with Crippen molar-refractivity contribution in [1.29, 1.82) is 0 Å². The lowest BCUT2D eigenvalue weighted by molar-refractivity contribution is 0.415. The molecule has 1 aliphatic heterocycles. The van der Waals surface area contributed by atoms with Crippen molar-refractivity contribution < 1.29 is 4.74 Å². The van der Waals surface area contributed by atoms with Crippen LogP contribution in [0.15, 0.2) is 46.5 Å². The maximum absolute atomic E-state index is 5.57. The molecule has 0 atom stereocenters. The summed E-state index contributed by atoms with van der Waals surface area (Å²) in [5.74, 6) is 1.77. The molecule has 1 heterocycles. The van der Waals surface area contributed by atoms with Crippen LogP contribution in [0.4, 0.5) is 0 Å². The van der Waals surface area contributed by atoms with Crippen LogP contribution in [0.5, 0.6) is 5.75 Å². The van der Waals surface area contributed by atoms with Gasteiger partial charge in [-0.1, -0.05) is 6.58 Å². The topological polar surface area (TPSA) is 60.0 Å². The van der Waals surface area contributed by atoms with E-state index in [1.165, 1.54) is 0 Å². The van der Waals surface area contributed by atoms with Gasteiger partial charge in [-0.2, -0.15) is 0 Å². The van der Waals surface area contributed by atoms with E-state index in [0.29, 0.717) is 17.4 Å². The third-order valence-electron chi connectivity index (χ3n) is 2.11. The van der Waals surface area contributed by atoms with Gasteiger partial charge in [0.25, 0.3) is 0 Å². The number of methoxy groups -OCH3 is 1. The minimum Gasteiger partial charge on any atom is -0.497 e. The molecule has 1 aromatic rings. The Morgan fingerprint density at radius 3 is 2.33 bits per heavy atom. The van der Waals surface area contributed by atoms with Crippen molar-refractivity contribution in [3.63, 3.8) is 0 Å². The van der Waals surface area contributed by atoms with Gasteiger partial charge in [-0.05, 0) is 24.3 Å². The first-order chi connectivity index (χ1) is 7.20. The van der Waals surface area contributed by atoms with E-state index in [2.05, 4.69) is 16.6 Å². The van der Waals surface area contributed by atoms with Crippen LogP contribution < -0.4 is 10.5 Å². The Kier molecular flexibility index (Phi) is 2.25. The summed E-state index contributed by atoms with van der Waals surface area (Å²) < 4.78 is 5.06. The van der Waals surface area contributed by atoms with Crippen molar-refractivity contribution >= 4 is 11.7 Å². The molecule has 0 aliphatic carbocycles. The average molecular weight is 201 g/mol. The number of hydrogen-bond donors (Lipinski definition) is 1. The Labute approximate surface area is 87.8 Å². The van der Waals surface area contributed by atoms with Crippen molar-refractivity contribution in [3.05, 3.63) is 42.1 Å². The van der Waals surface area contributed by atoms with E-state index in [0.717, 1.165) is 11.3 Å². The molecule has 0 radical (unpaired) electrons. The zero-order chi connectivity index (χ0) is 10.8. The number of amidine groups is 2. The summed E-state index contributed by atoms with van der Waals surface area (Å²) >= 11 is 0. The van der Waals surface area contributed by atoms with Crippen LogP contribution in [-0.2, 0) is 0 Å². The molecule has 0 saturated carbocycles. The van der Waals surface area contributed by atoms with E-state index in [9.17, 15) is 0 Å². The molecular formula is C11H11N3O. The Morgan fingerprint density at radius 2 is 1.87 bits per heavy atom. The zero-order valence-corrected chi connectivity index (χ0v) is 8.40. The summed E-state index contributed by atoms with van der Waals surface area (Å²) in [5, 5.41) is 0. The predicted molar refractivity (Wildman–Crippen MR) is 60.3 cm³/mol. The van der Waals surface area contributed by atoms with Crippen LogP contribution in [0.3, 0.4) is 0 Å². The highest BCUT2D eigenvalue weighted by Crippen LogP contribution is 2.16. The molecule has 0 unspecified atom stereocenters. The van der Waals surface area contributed by atoms with Gasteiger partial charge in [0.2, 0.25) is 0 Å². The molecule has 0 bridgehead atoms. The highest BCUT2D eigenvalue weighted by atomic mass is 16.5. The molecule has 15 heavy (non-hydrogen) atoms. The number of nitrogens with two attached hydrogens (primary N) is 1. The first-order valence-electron chi connectivity index (χ1n) is 4.47. The number of ether oxygens (including phenoxy) is 1. The summed E-state index contributed by atoms with van der Waals surface area (Å²) in [6.07, 6.45) is 0. The van der Waals surface area contributed by atoms with E-state index in [1.807, 2.05) is 24.3 Å². The molecular weight excluding hydrogens is 190 g/mol. The summed E-state index contributed by atoms with van der Waals surface area (Å²) in [6.45, 7) is 3.68. The van der Waals surface area contributed by atoms with Gasteiger partial charge in [-0.25, -0.2) is 9.98 Å². The van der Waals surface area contributed by atoms with Gasteiger partial charge in [0, 0.05) is 5.56 Å². The monoisotopic (exact) mass is 201 g/mol. The first-order valence-corrected chi connectivity index (χ1v) is 4.47. The summed E-state index contributed by atoms with van der Waals surface area (Å²) in [4.78, 5) is 8.25. The fourth-order valence-electron chi connectivity index (χ4n) is 1.26. The van der Waals surface area contributed by atoms with Crippen LogP contribution in [-0.4, -0.2) is 18.8 Å². The fraction of sp³-hybridized carbons (Fsp3) is 0.0909. The lowest BCUT2D eigenvalue weighted by atomic mass is 10.2. The molecule has 0 saturated heterocycles. The Bertz CT molecular complexity index is 457. The molecule has 0 fully saturated rings. The normalized spacial score (nSPS) is 14.9. The van der Waals surface area contributed by atoms with Gasteiger partial charge in [0.1, 0.15) is 11.4 Å². The number of benzene rings is 1. The standard InChI is InChI=1S/C11H11N3O/c1-7-10(12)14-11(13-7)8-3-5-9(15-2)6-4-8/h3-6H,1H2,2H3,(H2,12,13,14). The third-order valence-corrected chi connectivity index (χ3v) is 2.11. The van der Waals surface area contributed by atoms with E-state index in [1.54, 1.807) is 7.11 Å². The summed E-state index contributed by atoms with van der Waals surface area (Å²) in [7, 11) is 1.63. The quantitative estimate of drug-likeness (QED) is 0.784. The van der Waals surface area contributed by atoms with E-state index < -0.39 is 0 Å². The van der Waals surface area contributed by atoms with Crippen molar-refractivity contribution in [2.75, 3.05) is 7.11 Å². The van der Waals surface area contributed by atoms with Gasteiger partial charge in [-0.3, -0.25) is 0 Å². The second-order valence-electron chi connectivity index (χ2n) is 3.11. The number of hydrogen-bond acceptors (Lipinski definition) is 4. The summed E-state index contributed by atoms with van der Waals surface area (Å²) in [5.41, 5.74) is 6.99. The largest absolute Gasteiger partial charge is 0.497 e. The van der Waals surface area contributed by atoms with Crippen molar-refractivity contribution in [3.8, 4) is 5.75 Å². The lowest BCUT2D eigenvalue weighted by Crippen LogP contribution is -2.09. The van der Waals surface area contributed by atoms with Gasteiger partial charge < -0.3 is 10.5 Å². The minimum absolute atomic E-state index is 0.376. The Balaban J connectivity index is 2.32. The maximum atomic E-state index is 5.57. The predicted octanol–water partition coefficient (Wildman–Crippen LogP) is 1.33. The summed E-state index contributed by atoms with van der Waals surface area (Å²) in [6, 6.07) is 7.47. The minimum atomic E-state index is 0.376. The molecule has 0 aromatic heterocycles. The Hall–Kier alpha value is -2.10. The van der Waals surface area contributed by atoms with Gasteiger partial charge >= 0.3 is 0 Å². The molecule has 1 aliphatic rings. The van der Waals surface area contributed by atoms with Crippen LogP contribution in [0, 0.1) is 0 Å². The van der Waals surface area contributed by atoms with Crippen LogP contribution in [0.25, 0.3) is 0 Å². The molecule has 0 amide bonds. The molecule has 4 heteroatoms. The Morgan fingerprint density at radius 1 is 1.20 bits per heavy atom. The van der Waals surface area contributed by atoms with Gasteiger partial charge in [0.15, 0.2) is 11.7 Å². The van der Waals surface area contributed by atoms with Crippen LogP contribution >= 0.6 is 0 Å². The molecule has 2 rings (SSSR count).